The quantitative estimate of drug-likeness (QED) is 0.249. The molecule has 0 saturated carbocycles. The van der Waals surface area contributed by atoms with Crippen molar-refractivity contribution in [3.63, 3.8) is 0 Å². The zero-order valence-electron chi connectivity index (χ0n) is 16.6. The molecule has 2 aromatic carbocycles. The van der Waals surface area contributed by atoms with Gasteiger partial charge in [0.15, 0.2) is 16.6 Å². The number of unbranched alkanes of at least 4 members (excludes halogenated alkanes) is 3. The van der Waals surface area contributed by atoms with Crippen molar-refractivity contribution in [2.45, 2.75) is 39.2 Å². The third kappa shape index (κ3) is 7.96. The van der Waals surface area contributed by atoms with Crippen molar-refractivity contribution >= 4 is 23.5 Å². The summed E-state index contributed by atoms with van der Waals surface area (Å²) in [6, 6.07) is 15.8. The van der Waals surface area contributed by atoms with Crippen LogP contribution in [0.15, 0.2) is 53.6 Å². The molecule has 0 bridgehead atoms. The largest absolute Gasteiger partial charge is 0.493 e. The summed E-state index contributed by atoms with van der Waals surface area (Å²) >= 11 is 5.24. The topological polar surface area (TPSA) is 54.9 Å². The summed E-state index contributed by atoms with van der Waals surface area (Å²) in [4.78, 5) is 0. The van der Waals surface area contributed by atoms with Crippen LogP contribution in [-0.4, -0.2) is 25.0 Å². The monoisotopic (exact) mass is 399 g/mol. The first-order chi connectivity index (χ1) is 13.7. The van der Waals surface area contributed by atoms with Crippen molar-refractivity contribution in [3.05, 3.63) is 59.7 Å². The summed E-state index contributed by atoms with van der Waals surface area (Å²) in [6.45, 7) is 3.55. The fourth-order valence-corrected chi connectivity index (χ4v) is 2.70. The zero-order valence-corrected chi connectivity index (χ0v) is 17.4. The van der Waals surface area contributed by atoms with Gasteiger partial charge in [0.05, 0.1) is 19.9 Å². The van der Waals surface area contributed by atoms with Crippen molar-refractivity contribution in [1.29, 1.82) is 0 Å². The van der Waals surface area contributed by atoms with Gasteiger partial charge in [-0.2, -0.15) is 5.10 Å². The average molecular weight is 400 g/mol. The maximum atomic E-state index is 5.83. The molecule has 0 aliphatic rings. The van der Waals surface area contributed by atoms with E-state index < -0.39 is 0 Å². The van der Waals surface area contributed by atoms with Gasteiger partial charge in [-0.15, -0.1) is 0 Å². The molecular weight excluding hydrogens is 370 g/mol. The molecular formula is C22H29N3O2S. The first kappa shape index (κ1) is 21.7. The number of nitrogens with zero attached hydrogens (tertiary/aromatic N) is 1. The number of methoxy groups -OCH3 is 1. The number of nitrogens with one attached hydrogen (secondary N) is 2. The third-order valence-corrected chi connectivity index (χ3v) is 4.35. The summed E-state index contributed by atoms with van der Waals surface area (Å²) in [6.07, 6.45) is 6.40. The van der Waals surface area contributed by atoms with E-state index in [1.165, 1.54) is 19.3 Å². The van der Waals surface area contributed by atoms with Gasteiger partial charge in [-0.3, -0.25) is 5.43 Å². The lowest BCUT2D eigenvalue weighted by Gasteiger charge is -2.11. The summed E-state index contributed by atoms with van der Waals surface area (Å²) in [5.41, 5.74) is 4.88. The molecule has 5 nitrogen and oxygen atoms in total. The molecule has 0 aromatic heterocycles. The van der Waals surface area contributed by atoms with Crippen molar-refractivity contribution in [2.75, 3.05) is 13.7 Å². The maximum Gasteiger partial charge on any atom is 0.187 e. The van der Waals surface area contributed by atoms with E-state index in [0.29, 0.717) is 24.0 Å². The lowest BCUT2D eigenvalue weighted by atomic mass is 10.2. The second kappa shape index (κ2) is 12.7. The lowest BCUT2D eigenvalue weighted by Crippen LogP contribution is -2.31. The highest BCUT2D eigenvalue weighted by Gasteiger charge is 2.05. The zero-order chi connectivity index (χ0) is 20.0. The van der Waals surface area contributed by atoms with E-state index >= 15 is 0 Å². The molecule has 0 atom stereocenters. The van der Waals surface area contributed by atoms with Crippen LogP contribution >= 0.6 is 12.2 Å². The Labute approximate surface area is 173 Å². The summed E-state index contributed by atoms with van der Waals surface area (Å²) < 4.78 is 11.3. The smallest absolute Gasteiger partial charge is 0.187 e. The standard InChI is InChI=1S/C22H29N3O2S/c1-3-4-5-9-14-27-20-13-12-19(15-21(20)26-2)17-24-25-22(28)23-16-18-10-7-6-8-11-18/h6-8,10-13,15,17H,3-5,9,14,16H2,1-2H3,(H2,23,25,28)/b24-17-. The normalized spacial score (nSPS) is 10.6. The van der Waals surface area contributed by atoms with Crippen molar-refractivity contribution in [2.24, 2.45) is 5.10 Å². The second-order valence-corrected chi connectivity index (χ2v) is 6.77. The molecule has 0 saturated heterocycles. The Bertz CT molecular complexity index is 751. The molecule has 0 fully saturated rings. The van der Waals surface area contributed by atoms with Gasteiger partial charge in [-0.05, 0) is 48.0 Å². The van der Waals surface area contributed by atoms with E-state index in [1.807, 2.05) is 48.5 Å². The molecule has 0 spiro atoms. The minimum absolute atomic E-state index is 0.471. The number of ether oxygens (including phenoxy) is 2. The van der Waals surface area contributed by atoms with Gasteiger partial charge >= 0.3 is 0 Å². The summed E-state index contributed by atoms with van der Waals surface area (Å²) in [7, 11) is 1.64. The van der Waals surface area contributed by atoms with Gasteiger partial charge in [-0.25, -0.2) is 0 Å². The van der Waals surface area contributed by atoms with Crippen LogP contribution in [0.5, 0.6) is 11.5 Å². The Morgan fingerprint density at radius 2 is 1.89 bits per heavy atom. The molecule has 2 rings (SSSR count). The van der Waals surface area contributed by atoms with E-state index in [4.69, 9.17) is 21.7 Å². The van der Waals surface area contributed by atoms with Gasteiger partial charge in [0.25, 0.3) is 0 Å². The molecule has 0 heterocycles. The van der Waals surface area contributed by atoms with Crippen LogP contribution in [0, 0.1) is 0 Å². The number of rotatable bonds is 11. The Morgan fingerprint density at radius 1 is 1.07 bits per heavy atom. The number of hydrazone groups is 1. The molecule has 0 unspecified atom stereocenters. The molecule has 0 radical (unpaired) electrons. The van der Waals surface area contributed by atoms with Crippen LogP contribution in [0.4, 0.5) is 0 Å². The molecule has 150 valence electrons. The minimum Gasteiger partial charge on any atom is -0.493 e. The first-order valence-corrected chi connectivity index (χ1v) is 10.1. The van der Waals surface area contributed by atoms with Gasteiger partial charge in [0, 0.05) is 6.54 Å². The van der Waals surface area contributed by atoms with E-state index in [1.54, 1.807) is 13.3 Å². The molecule has 2 aromatic rings. The number of hydrogen-bond donors (Lipinski definition) is 2. The SMILES string of the molecule is CCCCCCOc1ccc(/C=N\NC(=S)NCc2ccccc2)cc1OC. The summed E-state index contributed by atoms with van der Waals surface area (Å²) in [5, 5.41) is 7.77. The molecule has 28 heavy (non-hydrogen) atoms. The van der Waals surface area contributed by atoms with Crippen LogP contribution in [0.1, 0.15) is 43.7 Å². The molecule has 0 aliphatic heterocycles. The highest BCUT2D eigenvalue weighted by Crippen LogP contribution is 2.27. The second-order valence-electron chi connectivity index (χ2n) is 6.36. The molecule has 0 aliphatic carbocycles. The van der Waals surface area contributed by atoms with Crippen LogP contribution in [0.2, 0.25) is 0 Å². The highest BCUT2D eigenvalue weighted by atomic mass is 32.1. The van der Waals surface area contributed by atoms with Crippen molar-refractivity contribution in [3.8, 4) is 11.5 Å². The molecule has 0 amide bonds. The fourth-order valence-electron chi connectivity index (χ4n) is 2.58. The van der Waals surface area contributed by atoms with Crippen LogP contribution in [0.25, 0.3) is 0 Å². The Morgan fingerprint density at radius 3 is 2.64 bits per heavy atom. The highest BCUT2D eigenvalue weighted by molar-refractivity contribution is 7.80. The molecule has 2 N–H and O–H groups in total. The number of hydrogen-bond acceptors (Lipinski definition) is 4. The minimum atomic E-state index is 0.471. The maximum absolute atomic E-state index is 5.83. The van der Waals surface area contributed by atoms with E-state index in [-0.39, 0.29) is 0 Å². The van der Waals surface area contributed by atoms with Crippen LogP contribution in [-0.2, 0) is 6.54 Å². The van der Waals surface area contributed by atoms with Gasteiger partial charge in [-0.1, -0.05) is 56.5 Å². The Balaban J connectivity index is 1.79. The van der Waals surface area contributed by atoms with Crippen molar-refractivity contribution < 1.29 is 9.47 Å². The van der Waals surface area contributed by atoms with Crippen LogP contribution in [0.3, 0.4) is 0 Å². The van der Waals surface area contributed by atoms with Gasteiger partial charge in [0.1, 0.15) is 0 Å². The summed E-state index contributed by atoms with van der Waals surface area (Å²) in [5.74, 6) is 1.45. The lowest BCUT2D eigenvalue weighted by molar-refractivity contribution is 0.285. The fraction of sp³-hybridized carbons (Fsp3) is 0.364. The average Bonchev–Trinajstić information content (AvgIpc) is 2.73. The Kier molecular flexibility index (Phi) is 9.86. The molecule has 6 heteroatoms. The predicted molar refractivity (Wildman–Crippen MR) is 119 cm³/mol. The van der Waals surface area contributed by atoms with E-state index in [2.05, 4.69) is 22.8 Å². The predicted octanol–water partition coefficient (Wildman–Crippen LogP) is 4.65. The number of benzene rings is 2. The number of thiocarbonyl (C=S) groups is 1. The first-order valence-electron chi connectivity index (χ1n) is 9.64. The van der Waals surface area contributed by atoms with Crippen LogP contribution < -0.4 is 20.2 Å². The van der Waals surface area contributed by atoms with Crippen molar-refractivity contribution in [1.82, 2.24) is 10.7 Å². The van der Waals surface area contributed by atoms with E-state index in [0.717, 1.165) is 23.3 Å². The van der Waals surface area contributed by atoms with Gasteiger partial charge < -0.3 is 14.8 Å². The third-order valence-electron chi connectivity index (χ3n) is 4.12. The van der Waals surface area contributed by atoms with Gasteiger partial charge in [0.2, 0.25) is 0 Å². The Hall–Kier alpha value is -2.60. The van der Waals surface area contributed by atoms with E-state index in [9.17, 15) is 0 Å².